The number of carbonyl (C=O) groups is 3. The molecule has 1 aromatic heterocycles. The van der Waals surface area contributed by atoms with E-state index in [2.05, 4.69) is 14.9 Å². The van der Waals surface area contributed by atoms with Gasteiger partial charge >= 0.3 is 12.1 Å². The first-order chi connectivity index (χ1) is 14.9. The monoisotopic (exact) mass is 459 g/mol. The molecule has 0 radical (unpaired) electrons. The molecule has 0 saturated carbocycles. The van der Waals surface area contributed by atoms with E-state index >= 15 is 0 Å². The van der Waals surface area contributed by atoms with Gasteiger partial charge in [0.25, 0.3) is 5.91 Å². The summed E-state index contributed by atoms with van der Waals surface area (Å²) in [4.78, 5) is 48.0. The number of carboxylic acids is 1. The van der Waals surface area contributed by atoms with Crippen LogP contribution in [0.1, 0.15) is 41.9 Å². The van der Waals surface area contributed by atoms with Gasteiger partial charge in [-0.15, -0.1) is 0 Å². The molecule has 32 heavy (non-hydrogen) atoms. The maximum absolute atomic E-state index is 12.9. The highest BCUT2D eigenvalue weighted by Crippen LogP contribution is 2.39. The molecule has 1 N–H and O–H groups in total. The minimum absolute atomic E-state index is 0.0113. The lowest BCUT2D eigenvalue weighted by molar-refractivity contribution is -0.192. The van der Waals surface area contributed by atoms with Gasteiger partial charge in [0.1, 0.15) is 5.69 Å². The van der Waals surface area contributed by atoms with Crippen LogP contribution in [0.2, 0.25) is 0 Å². The lowest BCUT2D eigenvalue weighted by Gasteiger charge is -2.44. The van der Waals surface area contributed by atoms with Crippen LogP contribution in [0.4, 0.5) is 13.2 Å². The highest BCUT2D eigenvalue weighted by atomic mass is 19.4. The Morgan fingerprint density at radius 3 is 2.16 bits per heavy atom. The summed E-state index contributed by atoms with van der Waals surface area (Å²) in [6.07, 6.45) is 2.03. The van der Waals surface area contributed by atoms with Crippen molar-refractivity contribution >= 4 is 17.8 Å². The van der Waals surface area contributed by atoms with Crippen molar-refractivity contribution in [1.29, 1.82) is 0 Å². The number of nitrogens with zero attached hydrogens (tertiary/aromatic N) is 5. The van der Waals surface area contributed by atoms with Crippen LogP contribution in [0, 0.1) is 6.92 Å². The fourth-order valence-electron chi connectivity index (χ4n) is 3.88. The summed E-state index contributed by atoms with van der Waals surface area (Å²) in [5.74, 6) is -2.64. The predicted molar refractivity (Wildman–Crippen MR) is 108 cm³/mol. The SMILES string of the molecule is Cc1cnc(C(=O)N2CCCC23CCN(CC(=O)N(C)C)CC3)cn1.O=C(O)C(F)(F)F. The van der Waals surface area contributed by atoms with Gasteiger partial charge in [-0.05, 0) is 32.6 Å². The van der Waals surface area contributed by atoms with Crippen molar-refractivity contribution in [1.82, 2.24) is 24.7 Å². The number of alkyl halides is 3. The van der Waals surface area contributed by atoms with Crippen LogP contribution in [0.15, 0.2) is 12.4 Å². The number of amides is 2. The van der Waals surface area contributed by atoms with Gasteiger partial charge in [0.15, 0.2) is 0 Å². The second-order valence-corrected chi connectivity index (χ2v) is 8.19. The number of carboxylic acid groups (broad SMARTS) is 1. The van der Waals surface area contributed by atoms with Crippen LogP contribution >= 0.6 is 0 Å². The van der Waals surface area contributed by atoms with E-state index < -0.39 is 12.1 Å². The minimum Gasteiger partial charge on any atom is -0.475 e. The number of aromatic nitrogens is 2. The van der Waals surface area contributed by atoms with E-state index in [9.17, 15) is 22.8 Å². The van der Waals surface area contributed by atoms with Crippen LogP contribution in [-0.4, -0.2) is 99.5 Å². The Bertz CT molecular complexity index is 822. The van der Waals surface area contributed by atoms with Crippen molar-refractivity contribution < 1.29 is 32.7 Å². The third kappa shape index (κ3) is 6.38. The Balaban J connectivity index is 0.000000451. The van der Waals surface area contributed by atoms with Crippen molar-refractivity contribution in [2.75, 3.05) is 40.3 Å². The highest BCUT2D eigenvalue weighted by Gasteiger charge is 2.46. The third-order valence-corrected chi connectivity index (χ3v) is 5.73. The first-order valence-corrected chi connectivity index (χ1v) is 10.2. The van der Waals surface area contributed by atoms with Gasteiger partial charge in [0.05, 0.1) is 18.4 Å². The van der Waals surface area contributed by atoms with Gasteiger partial charge < -0.3 is 14.9 Å². The zero-order valence-electron chi connectivity index (χ0n) is 18.4. The molecule has 0 unspecified atom stereocenters. The molecular weight excluding hydrogens is 431 g/mol. The maximum atomic E-state index is 12.9. The molecule has 2 aliphatic heterocycles. The molecule has 2 fully saturated rings. The standard InChI is InChI=1S/C18H27N5O2.C2HF3O2/c1-14-11-20-15(12-19-14)17(25)23-8-4-5-18(23)6-9-22(10-7-18)13-16(24)21(2)3;3-2(4,5)1(6)7/h11-12H,4-10,13H2,1-3H3;(H,6,7). The van der Waals surface area contributed by atoms with Gasteiger partial charge in [-0.2, -0.15) is 13.2 Å². The Labute approximate surface area is 184 Å². The number of aryl methyl sites for hydroxylation is 1. The molecule has 9 nitrogen and oxygen atoms in total. The number of aliphatic carboxylic acids is 1. The average Bonchev–Trinajstić information content (AvgIpc) is 3.12. The minimum atomic E-state index is -5.08. The first-order valence-electron chi connectivity index (χ1n) is 10.2. The lowest BCUT2D eigenvalue weighted by Crippen LogP contribution is -2.55. The summed E-state index contributed by atoms with van der Waals surface area (Å²) in [5.41, 5.74) is 1.16. The molecule has 1 aromatic rings. The van der Waals surface area contributed by atoms with Gasteiger partial charge in [-0.25, -0.2) is 9.78 Å². The molecule has 0 aromatic carbocycles. The van der Waals surface area contributed by atoms with E-state index in [1.54, 1.807) is 31.4 Å². The molecule has 2 amide bonds. The van der Waals surface area contributed by atoms with E-state index in [4.69, 9.17) is 9.90 Å². The fraction of sp³-hybridized carbons (Fsp3) is 0.650. The highest BCUT2D eigenvalue weighted by molar-refractivity contribution is 5.92. The van der Waals surface area contributed by atoms with Crippen molar-refractivity contribution in [2.24, 2.45) is 0 Å². The summed E-state index contributed by atoms with van der Waals surface area (Å²) >= 11 is 0. The van der Waals surface area contributed by atoms with Crippen molar-refractivity contribution in [3.63, 3.8) is 0 Å². The Hall–Kier alpha value is -2.76. The van der Waals surface area contributed by atoms with Crippen LogP contribution < -0.4 is 0 Å². The Morgan fingerprint density at radius 2 is 1.69 bits per heavy atom. The van der Waals surface area contributed by atoms with Gasteiger partial charge in [-0.1, -0.05) is 0 Å². The largest absolute Gasteiger partial charge is 0.490 e. The van der Waals surface area contributed by atoms with Crippen LogP contribution in [0.25, 0.3) is 0 Å². The molecular formula is C20H28F3N5O4. The number of hydrogen-bond acceptors (Lipinski definition) is 6. The molecule has 0 bridgehead atoms. The summed E-state index contributed by atoms with van der Waals surface area (Å²) < 4.78 is 31.7. The average molecular weight is 459 g/mol. The van der Waals surface area contributed by atoms with Gasteiger partial charge in [0.2, 0.25) is 5.91 Å². The quantitative estimate of drug-likeness (QED) is 0.731. The van der Waals surface area contributed by atoms with E-state index in [-0.39, 0.29) is 17.4 Å². The summed E-state index contributed by atoms with van der Waals surface area (Å²) in [6.45, 7) is 4.81. The zero-order chi connectivity index (χ0) is 24.1. The number of likely N-dealkylation sites (tertiary alicyclic amines) is 2. The summed E-state index contributed by atoms with van der Waals surface area (Å²) in [7, 11) is 3.57. The normalized spacial score (nSPS) is 18.1. The van der Waals surface area contributed by atoms with E-state index in [0.29, 0.717) is 12.2 Å². The number of rotatable bonds is 3. The third-order valence-electron chi connectivity index (χ3n) is 5.73. The second kappa shape index (κ2) is 10.2. The maximum Gasteiger partial charge on any atom is 0.490 e. The van der Waals surface area contributed by atoms with E-state index in [0.717, 1.165) is 51.0 Å². The fourth-order valence-corrected chi connectivity index (χ4v) is 3.88. The molecule has 178 valence electrons. The van der Waals surface area contributed by atoms with E-state index in [1.165, 1.54) is 0 Å². The molecule has 3 rings (SSSR count). The number of likely N-dealkylation sites (N-methyl/N-ethyl adjacent to an activating group) is 1. The summed E-state index contributed by atoms with van der Waals surface area (Å²) in [6, 6.07) is 0. The molecule has 2 saturated heterocycles. The van der Waals surface area contributed by atoms with Crippen molar-refractivity contribution in [3.8, 4) is 0 Å². The van der Waals surface area contributed by atoms with Crippen LogP contribution in [0.5, 0.6) is 0 Å². The second-order valence-electron chi connectivity index (χ2n) is 8.19. The van der Waals surface area contributed by atoms with Crippen molar-refractivity contribution in [2.45, 2.75) is 44.3 Å². The zero-order valence-corrected chi connectivity index (χ0v) is 18.4. The molecule has 12 heteroatoms. The van der Waals surface area contributed by atoms with E-state index in [1.807, 2.05) is 11.8 Å². The van der Waals surface area contributed by atoms with Gasteiger partial charge in [0, 0.05) is 45.5 Å². The molecule has 0 atom stereocenters. The van der Waals surface area contributed by atoms with Gasteiger partial charge in [-0.3, -0.25) is 19.5 Å². The lowest BCUT2D eigenvalue weighted by atomic mass is 9.84. The van der Waals surface area contributed by atoms with Crippen LogP contribution in [0.3, 0.4) is 0 Å². The Kier molecular flexibility index (Phi) is 8.16. The molecule has 3 heterocycles. The molecule has 0 aliphatic carbocycles. The topological polar surface area (TPSA) is 107 Å². The number of hydrogen-bond donors (Lipinski definition) is 1. The number of piperidine rings is 1. The predicted octanol–water partition coefficient (Wildman–Crippen LogP) is 1.58. The molecule has 2 aliphatic rings. The number of halogens is 3. The smallest absolute Gasteiger partial charge is 0.475 e. The summed E-state index contributed by atoms with van der Waals surface area (Å²) in [5, 5.41) is 7.12. The Morgan fingerprint density at radius 1 is 1.09 bits per heavy atom. The number of carbonyl (C=O) groups excluding carboxylic acids is 2. The van der Waals surface area contributed by atoms with Crippen LogP contribution in [-0.2, 0) is 9.59 Å². The first kappa shape index (κ1) is 25.5. The van der Waals surface area contributed by atoms with Crippen molar-refractivity contribution in [3.05, 3.63) is 23.8 Å². The molecule has 1 spiro atoms.